The Morgan fingerprint density at radius 3 is 2.81 bits per heavy atom. The number of pyridine rings is 2. The van der Waals surface area contributed by atoms with Crippen LogP contribution in [-0.4, -0.2) is 15.9 Å². The monoisotopic (exact) mass is 212 g/mol. The predicted octanol–water partition coefficient (Wildman–Crippen LogP) is 1.35. The van der Waals surface area contributed by atoms with Gasteiger partial charge < -0.3 is 5.73 Å². The molecule has 79 valence electrons. The summed E-state index contributed by atoms with van der Waals surface area (Å²) in [6.07, 6.45) is 1.74. The normalized spacial score (nSPS) is 10.1. The van der Waals surface area contributed by atoms with E-state index in [9.17, 15) is 4.79 Å². The van der Waals surface area contributed by atoms with E-state index in [0.717, 1.165) is 5.56 Å². The first kappa shape index (κ1) is 10.3. The van der Waals surface area contributed by atoms with Crippen molar-refractivity contribution in [2.24, 2.45) is 5.73 Å². The van der Waals surface area contributed by atoms with Crippen molar-refractivity contribution >= 4 is 5.91 Å². The van der Waals surface area contributed by atoms with Crippen LogP contribution in [0.15, 0.2) is 30.5 Å². The average Bonchev–Trinajstić information content (AvgIpc) is 2.30. The van der Waals surface area contributed by atoms with Gasteiger partial charge in [0.25, 0.3) is 5.91 Å². The second kappa shape index (κ2) is 4.10. The largest absolute Gasteiger partial charge is 0.364 e. The molecule has 2 aromatic rings. The number of hydrogen-bond donors (Lipinski definition) is 1. The van der Waals surface area contributed by atoms with Crippen molar-refractivity contribution in [1.82, 2.24) is 9.97 Å². The van der Waals surface area contributed by atoms with Crippen LogP contribution >= 0.6 is 0 Å². The topological polar surface area (TPSA) is 68.9 Å². The van der Waals surface area contributed by atoms with E-state index < -0.39 is 5.91 Å². The molecule has 0 aliphatic carbocycles. The van der Waals surface area contributed by atoms with Gasteiger partial charge >= 0.3 is 0 Å². The molecule has 4 heteroatoms. The summed E-state index contributed by atoms with van der Waals surface area (Å²) in [6.45, 7) is 1.95. The Kier molecular flexibility index (Phi) is 2.64. The second-order valence-electron chi connectivity index (χ2n) is 3.41. The van der Waals surface area contributed by atoms with Crippen molar-refractivity contribution in [3.05, 3.63) is 47.8 Å². The lowest BCUT2D eigenvalue weighted by Gasteiger charge is -2.01. The minimum absolute atomic E-state index is 0.219. The van der Waals surface area contributed by atoms with Gasteiger partial charge in [0.15, 0.2) is 0 Å². The zero-order chi connectivity index (χ0) is 11.5. The van der Waals surface area contributed by atoms with E-state index >= 15 is 0 Å². The highest BCUT2D eigenvalue weighted by atomic mass is 16.1. The van der Waals surface area contributed by atoms with Crippen LogP contribution in [0.1, 0.15) is 16.1 Å². The van der Waals surface area contributed by atoms with E-state index in [1.807, 2.05) is 19.1 Å². The third-order valence-corrected chi connectivity index (χ3v) is 2.10. The molecule has 0 spiro atoms. The minimum Gasteiger partial charge on any atom is -0.364 e. The van der Waals surface area contributed by atoms with Gasteiger partial charge in [0.05, 0.1) is 11.4 Å². The van der Waals surface area contributed by atoms with Crippen molar-refractivity contribution < 1.29 is 4.79 Å². The number of primary amides is 1. The Hall–Kier alpha value is -2.23. The quantitative estimate of drug-likeness (QED) is 0.816. The number of nitrogens with zero attached hydrogens (tertiary/aromatic N) is 2. The number of hydrogen-bond acceptors (Lipinski definition) is 3. The van der Waals surface area contributed by atoms with Gasteiger partial charge in [0, 0.05) is 12.3 Å². The molecule has 1 radical (unpaired) electrons. The highest BCUT2D eigenvalue weighted by Gasteiger charge is 2.05. The lowest BCUT2D eigenvalue weighted by Crippen LogP contribution is -2.13. The lowest BCUT2D eigenvalue weighted by molar-refractivity contribution is 0.0995. The summed E-state index contributed by atoms with van der Waals surface area (Å²) in [4.78, 5) is 19.2. The van der Waals surface area contributed by atoms with E-state index in [-0.39, 0.29) is 5.69 Å². The van der Waals surface area contributed by atoms with Gasteiger partial charge in [0.2, 0.25) is 0 Å². The smallest absolute Gasteiger partial charge is 0.267 e. The molecule has 2 N–H and O–H groups in total. The minimum atomic E-state index is -0.553. The standard InChI is InChI=1S/C12H10N3O/c1-8-5-6-9(14-7-8)10-3-2-4-11(15-10)12(13)16/h2,4-7H,1H3,(H2,13,16). The van der Waals surface area contributed by atoms with Crippen LogP contribution in [0.2, 0.25) is 0 Å². The Labute approximate surface area is 93.2 Å². The Balaban J connectivity index is 2.44. The molecule has 2 rings (SSSR count). The molecular formula is C12H10N3O. The van der Waals surface area contributed by atoms with Gasteiger partial charge in [-0.15, -0.1) is 0 Å². The number of rotatable bonds is 2. The fraction of sp³-hybridized carbons (Fsp3) is 0.0833. The fourth-order valence-corrected chi connectivity index (χ4v) is 1.27. The maximum absolute atomic E-state index is 11.0. The third-order valence-electron chi connectivity index (χ3n) is 2.10. The number of aryl methyl sites for hydroxylation is 1. The van der Waals surface area contributed by atoms with Crippen molar-refractivity contribution in [1.29, 1.82) is 0 Å². The van der Waals surface area contributed by atoms with Crippen LogP contribution in [-0.2, 0) is 0 Å². The molecule has 2 heterocycles. The maximum Gasteiger partial charge on any atom is 0.267 e. The fourth-order valence-electron chi connectivity index (χ4n) is 1.27. The van der Waals surface area contributed by atoms with Gasteiger partial charge in [-0.1, -0.05) is 6.07 Å². The van der Waals surface area contributed by atoms with E-state index in [4.69, 9.17) is 5.73 Å². The van der Waals surface area contributed by atoms with Crippen molar-refractivity contribution in [3.63, 3.8) is 0 Å². The van der Waals surface area contributed by atoms with Crippen molar-refractivity contribution in [3.8, 4) is 11.4 Å². The maximum atomic E-state index is 11.0. The average molecular weight is 212 g/mol. The lowest BCUT2D eigenvalue weighted by atomic mass is 10.2. The zero-order valence-corrected chi connectivity index (χ0v) is 8.77. The number of carbonyl (C=O) groups excluding carboxylic acids is 1. The summed E-state index contributed by atoms with van der Waals surface area (Å²) >= 11 is 0. The van der Waals surface area contributed by atoms with Gasteiger partial charge in [-0.3, -0.25) is 9.78 Å². The SMILES string of the molecule is Cc1ccc(-c2[c]ccc(C(N)=O)n2)nc1. The van der Waals surface area contributed by atoms with Crippen molar-refractivity contribution in [2.75, 3.05) is 0 Å². The molecule has 0 aliphatic rings. The first-order valence-corrected chi connectivity index (χ1v) is 4.78. The molecule has 0 aromatic carbocycles. The van der Waals surface area contributed by atoms with E-state index in [0.29, 0.717) is 11.4 Å². The first-order valence-electron chi connectivity index (χ1n) is 4.78. The van der Waals surface area contributed by atoms with Crippen LogP contribution < -0.4 is 5.73 Å². The van der Waals surface area contributed by atoms with E-state index in [2.05, 4.69) is 16.0 Å². The van der Waals surface area contributed by atoms with Crippen LogP contribution in [0.25, 0.3) is 11.4 Å². The molecule has 0 unspecified atom stereocenters. The van der Waals surface area contributed by atoms with Gasteiger partial charge in [-0.05, 0) is 30.7 Å². The Morgan fingerprint density at radius 2 is 2.19 bits per heavy atom. The molecular weight excluding hydrogens is 202 g/mol. The molecule has 2 aromatic heterocycles. The highest BCUT2D eigenvalue weighted by molar-refractivity contribution is 5.91. The zero-order valence-electron chi connectivity index (χ0n) is 8.77. The molecule has 1 amide bonds. The summed E-state index contributed by atoms with van der Waals surface area (Å²) < 4.78 is 0. The Morgan fingerprint density at radius 1 is 1.38 bits per heavy atom. The molecule has 0 atom stereocenters. The molecule has 0 saturated carbocycles. The molecule has 4 nitrogen and oxygen atoms in total. The first-order chi connectivity index (χ1) is 7.66. The molecule has 0 bridgehead atoms. The Bertz CT molecular complexity index is 520. The number of carbonyl (C=O) groups is 1. The van der Waals surface area contributed by atoms with E-state index in [1.54, 1.807) is 12.3 Å². The second-order valence-corrected chi connectivity index (χ2v) is 3.41. The molecule has 0 aliphatic heterocycles. The summed E-state index contributed by atoms with van der Waals surface area (Å²) in [6, 6.07) is 9.82. The van der Waals surface area contributed by atoms with Crippen LogP contribution in [0.3, 0.4) is 0 Å². The molecule has 0 saturated heterocycles. The molecule has 0 fully saturated rings. The van der Waals surface area contributed by atoms with Gasteiger partial charge in [-0.25, -0.2) is 4.98 Å². The number of amides is 1. The van der Waals surface area contributed by atoms with E-state index in [1.165, 1.54) is 6.07 Å². The number of nitrogens with two attached hydrogens (primary N) is 1. The summed E-state index contributed by atoms with van der Waals surface area (Å²) in [5.41, 5.74) is 7.63. The van der Waals surface area contributed by atoms with Crippen LogP contribution in [0, 0.1) is 13.0 Å². The highest BCUT2D eigenvalue weighted by Crippen LogP contribution is 2.13. The predicted molar refractivity (Wildman–Crippen MR) is 59.6 cm³/mol. The number of aromatic nitrogens is 2. The molecule has 16 heavy (non-hydrogen) atoms. The summed E-state index contributed by atoms with van der Waals surface area (Å²) in [7, 11) is 0. The van der Waals surface area contributed by atoms with Gasteiger partial charge in [-0.2, -0.15) is 0 Å². The third kappa shape index (κ3) is 2.06. The van der Waals surface area contributed by atoms with Gasteiger partial charge in [0.1, 0.15) is 5.69 Å². The van der Waals surface area contributed by atoms with Crippen LogP contribution in [0.5, 0.6) is 0 Å². The summed E-state index contributed by atoms with van der Waals surface area (Å²) in [5, 5.41) is 0. The van der Waals surface area contributed by atoms with Crippen molar-refractivity contribution in [2.45, 2.75) is 6.92 Å². The summed E-state index contributed by atoms with van der Waals surface area (Å²) in [5.74, 6) is -0.553. The van der Waals surface area contributed by atoms with Crippen LogP contribution in [0.4, 0.5) is 0 Å².